The first kappa shape index (κ1) is 31.6. The first-order valence-corrected chi connectivity index (χ1v) is 15.1. The molecule has 13 heteroatoms. The summed E-state index contributed by atoms with van der Waals surface area (Å²) >= 11 is 0. The predicted octanol–water partition coefficient (Wildman–Crippen LogP) is 4.69. The third-order valence-electron chi connectivity index (χ3n) is 6.57. The number of nitrogens with one attached hydrogen (secondary N) is 1. The van der Waals surface area contributed by atoms with Gasteiger partial charge in [-0.2, -0.15) is 0 Å². The highest BCUT2D eigenvalue weighted by Gasteiger charge is 2.22. The number of imidazole rings is 1. The lowest BCUT2D eigenvalue weighted by atomic mass is 10.2. The molecular weight excluding hydrogens is 578 g/mol. The molecule has 3 aromatic carbocycles. The molecule has 4 aromatic rings. The Balaban J connectivity index is 1.79. The van der Waals surface area contributed by atoms with Crippen LogP contribution in [-0.2, 0) is 28.9 Å². The number of benzene rings is 3. The standard InChI is InChI=1S/C30H37N3O9S/c1-7-9-40-22-13-23(41-11-8-10-37-4)15-24(14-22)42-29-19-28-27(32(2)30(34)33(28)3)18-26(29)31-43(35,36)25-16-20(38-5)12-21(17-25)39-6/h12-19,31H,7-11H2,1-6H3. The predicted molar refractivity (Wildman–Crippen MR) is 163 cm³/mol. The molecule has 0 fully saturated rings. The number of ether oxygens (including phenoxy) is 6. The molecule has 1 N–H and O–H groups in total. The first-order chi connectivity index (χ1) is 20.6. The number of sulfonamides is 1. The van der Waals surface area contributed by atoms with Gasteiger partial charge in [-0.3, -0.25) is 13.9 Å². The lowest BCUT2D eigenvalue weighted by Gasteiger charge is -2.17. The van der Waals surface area contributed by atoms with Gasteiger partial charge in [-0.25, -0.2) is 13.2 Å². The van der Waals surface area contributed by atoms with Crippen LogP contribution >= 0.6 is 0 Å². The van der Waals surface area contributed by atoms with Gasteiger partial charge in [-0.15, -0.1) is 0 Å². The first-order valence-electron chi connectivity index (χ1n) is 13.6. The van der Waals surface area contributed by atoms with E-state index in [2.05, 4.69) is 4.72 Å². The zero-order valence-electron chi connectivity index (χ0n) is 25.1. The minimum Gasteiger partial charge on any atom is -0.497 e. The van der Waals surface area contributed by atoms with Crippen LogP contribution in [0.3, 0.4) is 0 Å². The minimum absolute atomic E-state index is 0.0848. The van der Waals surface area contributed by atoms with Crippen molar-refractivity contribution < 1.29 is 36.8 Å². The van der Waals surface area contributed by atoms with E-state index in [9.17, 15) is 13.2 Å². The lowest BCUT2D eigenvalue weighted by molar-refractivity contribution is 0.172. The van der Waals surface area contributed by atoms with Gasteiger partial charge in [0.2, 0.25) is 0 Å². The van der Waals surface area contributed by atoms with Gasteiger partial charge >= 0.3 is 5.69 Å². The third-order valence-corrected chi connectivity index (χ3v) is 7.91. The van der Waals surface area contributed by atoms with Crippen molar-refractivity contribution in [2.75, 3.05) is 45.9 Å². The topological polar surface area (TPSA) is 128 Å². The molecule has 1 heterocycles. The number of nitrogens with zero attached hydrogens (tertiary/aromatic N) is 2. The van der Waals surface area contributed by atoms with Crippen molar-refractivity contribution in [2.45, 2.75) is 24.7 Å². The van der Waals surface area contributed by atoms with E-state index in [4.69, 9.17) is 28.4 Å². The SMILES string of the molecule is CCCOc1cc(OCCCOC)cc(Oc2cc3c(cc2NS(=O)(=O)c2cc(OC)cc(OC)c2)n(C)c(=O)n3C)c1. The monoisotopic (exact) mass is 615 g/mol. The summed E-state index contributed by atoms with van der Waals surface area (Å²) < 4.78 is 66.4. The van der Waals surface area contributed by atoms with Gasteiger partial charge < -0.3 is 28.4 Å². The van der Waals surface area contributed by atoms with Gasteiger partial charge in [0.05, 0.1) is 49.0 Å². The number of hydrogen-bond donors (Lipinski definition) is 1. The van der Waals surface area contributed by atoms with Gasteiger partial charge in [0.25, 0.3) is 10.0 Å². The normalized spacial score (nSPS) is 11.4. The molecule has 0 aliphatic rings. The van der Waals surface area contributed by atoms with Crippen LogP contribution in [0.15, 0.2) is 58.2 Å². The molecule has 0 radical (unpaired) electrons. The average Bonchev–Trinajstić information content (AvgIpc) is 3.20. The number of aryl methyl sites for hydroxylation is 2. The lowest BCUT2D eigenvalue weighted by Crippen LogP contribution is -2.19. The molecule has 43 heavy (non-hydrogen) atoms. The van der Waals surface area contributed by atoms with Gasteiger partial charge in [0.15, 0.2) is 5.75 Å². The smallest absolute Gasteiger partial charge is 0.328 e. The summed E-state index contributed by atoms with van der Waals surface area (Å²) in [6.45, 7) is 3.45. The van der Waals surface area contributed by atoms with Crippen molar-refractivity contribution >= 4 is 26.7 Å². The summed E-state index contributed by atoms with van der Waals surface area (Å²) in [5.41, 5.74) is 0.879. The fourth-order valence-corrected chi connectivity index (χ4v) is 5.45. The van der Waals surface area contributed by atoms with Crippen molar-refractivity contribution in [3.8, 4) is 34.5 Å². The average molecular weight is 616 g/mol. The summed E-state index contributed by atoms with van der Waals surface area (Å²) in [5.74, 6) is 2.15. The van der Waals surface area contributed by atoms with Crippen molar-refractivity contribution in [1.29, 1.82) is 0 Å². The van der Waals surface area contributed by atoms with E-state index in [1.807, 2.05) is 6.92 Å². The quantitative estimate of drug-likeness (QED) is 0.189. The maximum absolute atomic E-state index is 13.6. The molecule has 0 aliphatic carbocycles. The zero-order chi connectivity index (χ0) is 31.1. The number of fused-ring (bicyclic) bond motifs is 1. The third kappa shape index (κ3) is 7.35. The number of methoxy groups -OCH3 is 3. The molecule has 0 spiro atoms. The van der Waals surface area contributed by atoms with Crippen LogP contribution in [0, 0.1) is 0 Å². The van der Waals surface area contributed by atoms with Crippen molar-refractivity contribution in [3.05, 3.63) is 59.0 Å². The molecule has 0 aliphatic heterocycles. The summed E-state index contributed by atoms with van der Waals surface area (Å²) in [6, 6.07) is 12.6. The van der Waals surface area contributed by atoms with Crippen LogP contribution in [0.4, 0.5) is 5.69 Å². The van der Waals surface area contributed by atoms with Gasteiger partial charge in [0.1, 0.15) is 28.7 Å². The molecule has 4 rings (SSSR count). The molecular formula is C30H37N3O9S. The molecule has 0 unspecified atom stereocenters. The van der Waals surface area contributed by atoms with Crippen LogP contribution in [0.2, 0.25) is 0 Å². The van der Waals surface area contributed by atoms with E-state index in [1.165, 1.54) is 35.5 Å². The van der Waals surface area contributed by atoms with E-state index in [-0.39, 0.29) is 22.0 Å². The summed E-state index contributed by atoms with van der Waals surface area (Å²) in [4.78, 5) is 12.6. The maximum Gasteiger partial charge on any atom is 0.328 e. The Hall–Kier alpha value is -4.36. The Morgan fingerprint density at radius 3 is 1.86 bits per heavy atom. The molecule has 0 bridgehead atoms. The Morgan fingerprint density at radius 1 is 0.721 bits per heavy atom. The van der Waals surface area contributed by atoms with Gasteiger partial charge in [-0.1, -0.05) is 6.92 Å². The zero-order valence-corrected chi connectivity index (χ0v) is 25.9. The van der Waals surface area contributed by atoms with E-state index in [1.54, 1.807) is 57.6 Å². The molecule has 0 saturated heterocycles. The second-order valence-electron chi connectivity index (χ2n) is 9.68. The second-order valence-corrected chi connectivity index (χ2v) is 11.4. The van der Waals surface area contributed by atoms with Crippen molar-refractivity contribution in [3.63, 3.8) is 0 Å². The summed E-state index contributed by atoms with van der Waals surface area (Å²) in [5, 5.41) is 0. The molecule has 0 atom stereocenters. The molecule has 1 aromatic heterocycles. The summed E-state index contributed by atoms with van der Waals surface area (Å²) in [6.07, 6.45) is 1.49. The molecule has 232 valence electrons. The highest BCUT2D eigenvalue weighted by molar-refractivity contribution is 7.92. The van der Waals surface area contributed by atoms with E-state index < -0.39 is 10.0 Å². The largest absolute Gasteiger partial charge is 0.497 e. The minimum atomic E-state index is -4.17. The van der Waals surface area contributed by atoms with E-state index >= 15 is 0 Å². The van der Waals surface area contributed by atoms with Crippen LogP contribution in [-0.4, -0.2) is 58.7 Å². The number of anilines is 1. The van der Waals surface area contributed by atoms with Gasteiger partial charge in [-0.05, 0) is 12.5 Å². The summed E-state index contributed by atoms with van der Waals surface area (Å²) in [7, 11) is 3.56. The second kappa shape index (κ2) is 13.7. The highest BCUT2D eigenvalue weighted by Crippen LogP contribution is 2.38. The van der Waals surface area contributed by atoms with E-state index in [0.717, 1.165) is 6.42 Å². The van der Waals surface area contributed by atoms with Crippen LogP contribution in [0.5, 0.6) is 34.5 Å². The number of rotatable bonds is 15. The molecule has 0 amide bonds. The Labute approximate surface area is 250 Å². The fourth-order valence-electron chi connectivity index (χ4n) is 4.34. The highest BCUT2D eigenvalue weighted by atomic mass is 32.2. The van der Waals surface area contributed by atoms with Crippen molar-refractivity contribution in [2.24, 2.45) is 14.1 Å². The molecule has 12 nitrogen and oxygen atoms in total. The molecule has 0 saturated carbocycles. The Morgan fingerprint density at radius 2 is 1.28 bits per heavy atom. The fraction of sp³-hybridized carbons (Fsp3) is 0.367. The maximum atomic E-state index is 13.6. The van der Waals surface area contributed by atoms with Gasteiger partial charge in [0, 0.05) is 76.7 Å². The number of aromatic nitrogens is 2. The van der Waals surface area contributed by atoms with Crippen LogP contribution < -0.4 is 34.1 Å². The van der Waals surface area contributed by atoms with Crippen LogP contribution in [0.1, 0.15) is 19.8 Å². The Bertz CT molecular complexity index is 1720. The van der Waals surface area contributed by atoms with Crippen molar-refractivity contribution in [1.82, 2.24) is 9.13 Å². The Kier molecular flexibility index (Phi) is 10.1. The van der Waals surface area contributed by atoms with E-state index in [0.29, 0.717) is 66.0 Å². The number of hydrogen-bond acceptors (Lipinski definition) is 9. The van der Waals surface area contributed by atoms with Crippen LogP contribution in [0.25, 0.3) is 11.0 Å².